The molecule has 1 aliphatic rings. The topological polar surface area (TPSA) is 36.8 Å². The predicted octanol–water partition coefficient (Wildman–Crippen LogP) is 3.74. The molecule has 1 amide bonds. The molecule has 1 heterocycles. The lowest BCUT2D eigenvalue weighted by Gasteiger charge is -2.36. The van der Waals surface area contributed by atoms with Crippen LogP contribution in [0.15, 0.2) is 78.9 Å². The highest BCUT2D eigenvalue weighted by atomic mass is 35.5. The van der Waals surface area contributed by atoms with E-state index in [2.05, 4.69) is 28.4 Å². The van der Waals surface area contributed by atoms with Crippen LogP contribution >= 0.6 is 11.6 Å². The van der Waals surface area contributed by atoms with Crippen LogP contribution in [0, 0.1) is 0 Å². The molecule has 4 rings (SSSR count). The van der Waals surface area contributed by atoms with Gasteiger partial charge < -0.3 is 15.1 Å². The Kier molecular flexibility index (Phi) is 6.36. The van der Waals surface area contributed by atoms with Crippen LogP contribution in [-0.2, 0) is 4.79 Å². The summed E-state index contributed by atoms with van der Waals surface area (Å²) in [4.78, 5) is 16.6. The second kappa shape index (κ2) is 9.33. The Balaban J connectivity index is 1.40. The monoisotopic (exact) mass is 420 g/mol. The van der Waals surface area contributed by atoms with Crippen LogP contribution in [0.25, 0.3) is 11.1 Å². The highest BCUT2D eigenvalue weighted by Gasteiger charge is 2.30. The van der Waals surface area contributed by atoms with Crippen molar-refractivity contribution in [1.29, 1.82) is 0 Å². The van der Waals surface area contributed by atoms with Crippen LogP contribution in [0.1, 0.15) is 6.92 Å². The summed E-state index contributed by atoms with van der Waals surface area (Å²) in [5, 5.41) is 3.95. The summed E-state index contributed by atoms with van der Waals surface area (Å²) in [7, 11) is 0. The van der Waals surface area contributed by atoms with Crippen LogP contribution in [0.4, 0.5) is 11.4 Å². The Morgan fingerprint density at radius 2 is 1.57 bits per heavy atom. The van der Waals surface area contributed by atoms with E-state index in [1.165, 1.54) is 4.90 Å². The minimum atomic E-state index is -0.123. The number of nitrogens with zero attached hydrogens (tertiary/aromatic N) is 1. The average Bonchev–Trinajstić information content (AvgIpc) is 2.80. The number of para-hydroxylation sites is 2. The maximum absolute atomic E-state index is 13.0. The van der Waals surface area contributed by atoms with Crippen molar-refractivity contribution in [3.8, 4) is 11.1 Å². The first-order valence-corrected chi connectivity index (χ1v) is 10.8. The summed E-state index contributed by atoms with van der Waals surface area (Å²) in [6.07, 6.45) is 0. The number of benzene rings is 3. The second-order valence-corrected chi connectivity index (χ2v) is 8.13. The zero-order valence-corrected chi connectivity index (χ0v) is 17.9. The third-order valence-electron chi connectivity index (χ3n) is 5.87. The number of piperazine rings is 1. The van der Waals surface area contributed by atoms with Gasteiger partial charge >= 0.3 is 0 Å². The molecular weight excluding hydrogens is 394 g/mol. The van der Waals surface area contributed by atoms with Crippen LogP contribution in [-0.4, -0.2) is 38.1 Å². The molecule has 0 unspecified atom stereocenters. The van der Waals surface area contributed by atoms with Crippen LogP contribution in [0.3, 0.4) is 0 Å². The lowest BCUT2D eigenvalue weighted by atomic mass is 10.0. The molecule has 3 aromatic rings. The Morgan fingerprint density at radius 1 is 0.933 bits per heavy atom. The van der Waals surface area contributed by atoms with Gasteiger partial charge in [0.25, 0.3) is 5.91 Å². The number of amides is 1. The Hall–Kier alpha value is -2.82. The summed E-state index contributed by atoms with van der Waals surface area (Å²) >= 11 is 6.35. The van der Waals surface area contributed by atoms with E-state index in [0.29, 0.717) is 0 Å². The zero-order valence-electron chi connectivity index (χ0n) is 17.1. The van der Waals surface area contributed by atoms with Crippen molar-refractivity contribution < 1.29 is 9.69 Å². The van der Waals surface area contributed by atoms with Crippen molar-refractivity contribution in [2.24, 2.45) is 0 Å². The summed E-state index contributed by atoms with van der Waals surface area (Å²) in [6.45, 7) is 5.59. The van der Waals surface area contributed by atoms with Gasteiger partial charge in [0, 0.05) is 11.3 Å². The van der Waals surface area contributed by atoms with Gasteiger partial charge in [-0.2, -0.15) is 0 Å². The smallest absolute Gasteiger partial charge is 0.282 e. The quantitative estimate of drug-likeness (QED) is 0.659. The van der Waals surface area contributed by atoms with Crippen LogP contribution < -0.4 is 15.1 Å². The summed E-state index contributed by atoms with van der Waals surface area (Å²) in [6, 6.07) is 26.0. The van der Waals surface area contributed by atoms with Gasteiger partial charge in [-0.1, -0.05) is 72.3 Å². The first kappa shape index (κ1) is 20.5. The Labute approximate surface area is 183 Å². The number of rotatable bonds is 5. The number of carbonyl (C=O) groups excluding carboxylic acids is 1. The molecule has 0 aromatic heterocycles. The molecule has 30 heavy (non-hydrogen) atoms. The summed E-state index contributed by atoms with van der Waals surface area (Å²) < 4.78 is 0. The molecule has 1 saturated heterocycles. The molecule has 0 bridgehead atoms. The van der Waals surface area contributed by atoms with Crippen molar-refractivity contribution in [3.05, 3.63) is 83.9 Å². The van der Waals surface area contributed by atoms with Crippen molar-refractivity contribution >= 4 is 28.9 Å². The number of carbonyl (C=O) groups is 1. The lowest BCUT2D eigenvalue weighted by Crippen LogP contribution is -3.19. The molecule has 2 N–H and O–H groups in total. The number of halogens is 1. The fourth-order valence-electron chi connectivity index (χ4n) is 4.06. The first-order valence-electron chi connectivity index (χ1n) is 10.4. The van der Waals surface area contributed by atoms with Gasteiger partial charge in [0.1, 0.15) is 0 Å². The predicted molar refractivity (Wildman–Crippen MR) is 124 cm³/mol. The van der Waals surface area contributed by atoms with E-state index in [9.17, 15) is 4.79 Å². The molecule has 5 heteroatoms. The number of hydrogen-bond donors (Lipinski definition) is 2. The third kappa shape index (κ3) is 4.50. The molecule has 0 spiro atoms. The van der Waals surface area contributed by atoms with Crippen molar-refractivity contribution in [1.82, 2.24) is 0 Å². The van der Waals surface area contributed by atoms with E-state index in [4.69, 9.17) is 11.6 Å². The maximum atomic E-state index is 13.0. The van der Waals surface area contributed by atoms with E-state index >= 15 is 0 Å². The molecule has 154 valence electrons. The SMILES string of the molecule is C[C@H](C(=O)Nc1ccccc1-c1ccccc1)[NH+]1CCN(c2ccccc2Cl)CC1. The fourth-order valence-corrected chi connectivity index (χ4v) is 4.32. The molecule has 3 aromatic carbocycles. The van der Waals surface area contributed by atoms with Crippen molar-refractivity contribution in [2.75, 3.05) is 36.4 Å². The van der Waals surface area contributed by atoms with E-state index in [0.717, 1.165) is 53.7 Å². The largest absolute Gasteiger partial charge is 0.359 e. The number of nitrogens with one attached hydrogen (secondary N) is 2. The van der Waals surface area contributed by atoms with Gasteiger partial charge in [0.05, 0.1) is 36.9 Å². The van der Waals surface area contributed by atoms with E-state index < -0.39 is 0 Å². The average molecular weight is 421 g/mol. The van der Waals surface area contributed by atoms with E-state index in [1.54, 1.807) is 0 Å². The van der Waals surface area contributed by atoms with Crippen LogP contribution in [0.2, 0.25) is 5.02 Å². The molecule has 0 saturated carbocycles. The van der Waals surface area contributed by atoms with E-state index in [1.807, 2.05) is 67.6 Å². The normalized spacial score (nSPS) is 15.6. The Bertz CT molecular complexity index is 1000. The molecule has 0 aliphatic carbocycles. The standard InChI is InChI=1S/C25H26ClN3O/c1-19(28-15-17-29(18-16-28)24-14-8-6-12-22(24)26)25(30)27-23-13-7-5-11-21(23)20-9-3-2-4-10-20/h2-14,19H,15-18H2,1H3,(H,27,30)/p+1/t19-/m1/s1. The van der Waals surface area contributed by atoms with Crippen LogP contribution in [0.5, 0.6) is 0 Å². The molecule has 1 fully saturated rings. The van der Waals surface area contributed by atoms with Crippen molar-refractivity contribution in [3.63, 3.8) is 0 Å². The summed E-state index contributed by atoms with van der Waals surface area (Å²) in [5.41, 5.74) is 4.07. The van der Waals surface area contributed by atoms with Gasteiger partial charge in [-0.05, 0) is 30.7 Å². The number of quaternary nitrogens is 1. The minimum absolute atomic E-state index is 0.0552. The van der Waals surface area contributed by atoms with Gasteiger partial charge in [-0.15, -0.1) is 0 Å². The van der Waals surface area contributed by atoms with Gasteiger partial charge in [0.2, 0.25) is 0 Å². The van der Waals surface area contributed by atoms with Gasteiger partial charge in [-0.3, -0.25) is 4.79 Å². The maximum Gasteiger partial charge on any atom is 0.282 e. The first-order chi connectivity index (χ1) is 14.6. The molecule has 1 aliphatic heterocycles. The van der Waals surface area contributed by atoms with E-state index in [-0.39, 0.29) is 11.9 Å². The molecular formula is C25H27ClN3O+. The minimum Gasteiger partial charge on any atom is -0.359 e. The summed E-state index contributed by atoms with van der Waals surface area (Å²) in [5.74, 6) is 0.0552. The lowest BCUT2D eigenvalue weighted by molar-refractivity contribution is -0.914. The zero-order chi connectivity index (χ0) is 20.9. The number of hydrogen-bond acceptors (Lipinski definition) is 2. The fraction of sp³-hybridized carbons (Fsp3) is 0.240. The highest BCUT2D eigenvalue weighted by molar-refractivity contribution is 6.33. The highest BCUT2D eigenvalue weighted by Crippen LogP contribution is 2.27. The van der Waals surface area contributed by atoms with Gasteiger partial charge in [-0.25, -0.2) is 0 Å². The Morgan fingerprint density at radius 3 is 2.30 bits per heavy atom. The number of anilines is 2. The van der Waals surface area contributed by atoms with Gasteiger partial charge in [0.15, 0.2) is 6.04 Å². The third-order valence-corrected chi connectivity index (χ3v) is 6.19. The van der Waals surface area contributed by atoms with Crippen molar-refractivity contribution in [2.45, 2.75) is 13.0 Å². The molecule has 0 radical (unpaired) electrons. The molecule has 4 nitrogen and oxygen atoms in total. The second-order valence-electron chi connectivity index (χ2n) is 7.72. The molecule has 1 atom stereocenters.